The van der Waals surface area contributed by atoms with E-state index in [2.05, 4.69) is 20.8 Å². The fourth-order valence-electron chi connectivity index (χ4n) is 3.59. The third kappa shape index (κ3) is 3.21. The standard InChI is InChI=1S/C19H19F2N3O/c1-11-8-18(25-19(20)21)22-10-13(11)14-6-7-15-17(23-14)9-16(24-15)12-4-2-3-5-12/h6-10,12,19,24H,2-5H2,1H3. The summed E-state index contributed by atoms with van der Waals surface area (Å²) < 4.78 is 29.0. The first-order chi connectivity index (χ1) is 12.1. The molecule has 0 aliphatic heterocycles. The van der Waals surface area contributed by atoms with Crippen LogP contribution >= 0.6 is 0 Å². The number of alkyl halides is 2. The molecule has 0 aromatic carbocycles. The van der Waals surface area contributed by atoms with Gasteiger partial charge >= 0.3 is 6.61 Å². The smallest absolute Gasteiger partial charge is 0.388 e. The molecule has 25 heavy (non-hydrogen) atoms. The number of aromatic amines is 1. The number of aromatic nitrogens is 3. The molecule has 3 aromatic rings. The molecule has 0 atom stereocenters. The Bertz CT molecular complexity index is 901. The van der Waals surface area contributed by atoms with Crippen LogP contribution in [-0.2, 0) is 0 Å². The zero-order chi connectivity index (χ0) is 17.4. The fraction of sp³-hybridized carbons (Fsp3) is 0.368. The van der Waals surface area contributed by atoms with Crippen LogP contribution in [0, 0.1) is 6.92 Å². The average Bonchev–Trinajstić information content (AvgIpc) is 3.23. The molecular formula is C19H19F2N3O. The summed E-state index contributed by atoms with van der Waals surface area (Å²) in [6.07, 6.45) is 6.57. The molecule has 3 aromatic heterocycles. The van der Waals surface area contributed by atoms with Gasteiger partial charge in [0.15, 0.2) is 0 Å². The Kier molecular flexibility index (Phi) is 4.11. The summed E-state index contributed by atoms with van der Waals surface area (Å²) in [6.45, 7) is -1.04. The maximum absolute atomic E-state index is 12.3. The van der Waals surface area contributed by atoms with Crippen molar-refractivity contribution in [3.63, 3.8) is 0 Å². The quantitative estimate of drug-likeness (QED) is 0.709. The summed E-state index contributed by atoms with van der Waals surface area (Å²) in [5, 5.41) is 0. The molecule has 1 aliphatic rings. The highest BCUT2D eigenvalue weighted by Crippen LogP contribution is 2.35. The van der Waals surface area contributed by atoms with Gasteiger partial charge in [-0.15, -0.1) is 0 Å². The molecule has 1 saturated carbocycles. The monoisotopic (exact) mass is 343 g/mol. The van der Waals surface area contributed by atoms with Crippen molar-refractivity contribution in [2.45, 2.75) is 45.1 Å². The van der Waals surface area contributed by atoms with Crippen LogP contribution in [0.25, 0.3) is 22.3 Å². The maximum Gasteiger partial charge on any atom is 0.388 e. The van der Waals surface area contributed by atoms with E-state index in [1.54, 1.807) is 0 Å². The number of nitrogens with one attached hydrogen (secondary N) is 1. The molecular weight excluding hydrogens is 324 g/mol. The Morgan fingerprint density at radius 3 is 2.72 bits per heavy atom. The molecule has 4 nitrogen and oxygen atoms in total. The van der Waals surface area contributed by atoms with Crippen molar-refractivity contribution >= 4 is 11.0 Å². The van der Waals surface area contributed by atoms with Gasteiger partial charge in [-0.3, -0.25) is 0 Å². The van der Waals surface area contributed by atoms with Crippen LogP contribution < -0.4 is 4.74 Å². The number of aryl methyl sites for hydroxylation is 1. The average molecular weight is 343 g/mol. The summed E-state index contributed by atoms with van der Waals surface area (Å²) in [5.41, 5.74) is 5.59. The molecule has 4 rings (SSSR count). The number of halogens is 2. The summed E-state index contributed by atoms with van der Waals surface area (Å²) in [6, 6.07) is 7.58. The number of hydrogen-bond acceptors (Lipinski definition) is 3. The van der Waals surface area contributed by atoms with Crippen molar-refractivity contribution < 1.29 is 13.5 Å². The molecule has 0 spiro atoms. The lowest BCUT2D eigenvalue weighted by atomic mass is 10.0. The Morgan fingerprint density at radius 1 is 1.20 bits per heavy atom. The predicted molar refractivity (Wildman–Crippen MR) is 91.9 cm³/mol. The Morgan fingerprint density at radius 2 is 2.00 bits per heavy atom. The van der Waals surface area contributed by atoms with E-state index < -0.39 is 6.61 Å². The number of rotatable bonds is 4. The van der Waals surface area contributed by atoms with Crippen LogP contribution in [0.2, 0.25) is 0 Å². The summed E-state index contributed by atoms with van der Waals surface area (Å²) in [7, 11) is 0. The third-order valence-corrected chi connectivity index (χ3v) is 4.86. The number of pyridine rings is 2. The van der Waals surface area contributed by atoms with Crippen LogP contribution in [0.1, 0.15) is 42.9 Å². The minimum Gasteiger partial charge on any atom is -0.417 e. The Labute approximate surface area is 144 Å². The van der Waals surface area contributed by atoms with Gasteiger partial charge in [-0.2, -0.15) is 8.78 Å². The maximum atomic E-state index is 12.3. The molecule has 1 aliphatic carbocycles. The molecule has 130 valence electrons. The van der Waals surface area contributed by atoms with Gasteiger partial charge in [0.05, 0.1) is 16.7 Å². The molecule has 0 radical (unpaired) electrons. The second-order valence-corrected chi connectivity index (χ2v) is 6.55. The predicted octanol–water partition coefficient (Wildman–Crippen LogP) is 5.19. The first-order valence-corrected chi connectivity index (χ1v) is 8.51. The molecule has 1 N–H and O–H groups in total. The fourth-order valence-corrected chi connectivity index (χ4v) is 3.59. The van der Waals surface area contributed by atoms with Gasteiger partial charge in [0.25, 0.3) is 0 Å². The van der Waals surface area contributed by atoms with E-state index in [4.69, 9.17) is 4.98 Å². The van der Waals surface area contributed by atoms with E-state index in [1.807, 2.05) is 19.1 Å². The largest absolute Gasteiger partial charge is 0.417 e. The van der Waals surface area contributed by atoms with Crippen molar-refractivity contribution in [3.8, 4) is 17.1 Å². The van der Waals surface area contributed by atoms with Crippen LogP contribution in [0.15, 0.2) is 30.5 Å². The van der Waals surface area contributed by atoms with Crippen molar-refractivity contribution in [3.05, 3.63) is 41.7 Å². The van der Waals surface area contributed by atoms with Gasteiger partial charge in [0.2, 0.25) is 5.88 Å². The zero-order valence-corrected chi connectivity index (χ0v) is 13.9. The highest BCUT2D eigenvalue weighted by molar-refractivity contribution is 5.80. The second kappa shape index (κ2) is 6.43. The van der Waals surface area contributed by atoms with Gasteiger partial charge in [0.1, 0.15) is 0 Å². The molecule has 0 saturated heterocycles. The topological polar surface area (TPSA) is 50.8 Å². The molecule has 0 unspecified atom stereocenters. The number of nitrogens with zero attached hydrogens (tertiary/aromatic N) is 2. The highest BCUT2D eigenvalue weighted by Gasteiger charge is 2.19. The lowest BCUT2D eigenvalue weighted by Crippen LogP contribution is -2.04. The van der Waals surface area contributed by atoms with Gasteiger partial charge in [0, 0.05) is 23.5 Å². The number of H-pyrrole nitrogens is 1. The van der Waals surface area contributed by atoms with E-state index >= 15 is 0 Å². The number of fused-ring (bicyclic) bond motifs is 1. The summed E-state index contributed by atoms with van der Waals surface area (Å²) in [4.78, 5) is 12.2. The van der Waals surface area contributed by atoms with Crippen molar-refractivity contribution in [1.29, 1.82) is 0 Å². The third-order valence-electron chi connectivity index (χ3n) is 4.86. The van der Waals surface area contributed by atoms with Gasteiger partial charge in [-0.25, -0.2) is 9.97 Å². The van der Waals surface area contributed by atoms with Crippen LogP contribution in [-0.4, -0.2) is 21.6 Å². The number of hydrogen-bond donors (Lipinski definition) is 1. The van der Waals surface area contributed by atoms with E-state index in [1.165, 1.54) is 43.6 Å². The molecule has 0 amide bonds. The first kappa shape index (κ1) is 16.0. The summed E-state index contributed by atoms with van der Waals surface area (Å²) in [5.74, 6) is 0.523. The van der Waals surface area contributed by atoms with Gasteiger partial charge in [-0.1, -0.05) is 12.8 Å². The minimum absolute atomic E-state index is 0.0810. The Hall–Kier alpha value is -2.50. The Balaban J connectivity index is 1.67. The van der Waals surface area contributed by atoms with Crippen LogP contribution in [0.4, 0.5) is 8.78 Å². The molecule has 3 heterocycles. The van der Waals surface area contributed by atoms with Crippen molar-refractivity contribution in [2.24, 2.45) is 0 Å². The van der Waals surface area contributed by atoms with Gasteiger partial charge < -0.3 is 9.72 Å². The number of ether oxygens (including phenoxy) is 1. The molecule has 6 heteroatoms. The normalized spacial score (nSPS) is 15.4. The van der Waals surface area contributed by atoms with Crippen molar-refractivity contribution in [1.82, 2.24) is 15.0 Å². The van der Waals surface area contributed by atoms with Crippen molar-refractivity contribution in [2.75, 3.05) is 0 Å². The first-order valence-electron chi connectivity index (χ1n) is 8.51. The van der Waals surface area contributed by atoms with Crippen LogP contribution in [0.3, 0.4) is 0 Å². The lowest BCUT2D eigenvalue weighted by molar-refractivity contribution is -0.0528. The lowest BCUT2D eigenvalue weighted by Gasteiger charge is -2.08. The molecule has 0 bridgehead atoms. The van der Waals surface area contributed by atoms with E-state index in [0.717, 1.165) is 27.9 Å². The van der Waals surface area contributed by atoms with Crippen LogP contribution in [0.5, 0.6) is 5.88 Å². The van der Waals surface area contributed by atoms with E-state index in [-0.39, 0.29) is 5.88 Å². The highest BCUT2D eigenvalue weighted by atomic mass is 19.3. The zero-order valence-electron chi connectivity index (χ0n) is 13.9. The SMILES string of the molecule is Cc1cc(OC(F)F)ncc1-c1ccc2[nH]c(C3CCCC3)cc2n1. The van der Waals surface area contributed by atoms with E-state index in [9.17, 15) is 8.78 Å². The minimum atomic E-state index is -2.87. The second-order valence-electron chi connectivity index (χ2n) is 6.55. The summed E-state index contributed by atoms with van der Waals surface area (Å²) >= 11 is 0. The van der Waals surface area contributed by atoms with Gasteiger partial charge in [-0.05, 0) is 49.4 Å². The van der Waals surface area contributed by atoms with E-state index in [0.29, 0.717) is 5.92 Å². The molecule has 1 fully saturated rings.